The number of carbonyl (C=O) groups is 1. The molecular formula is C17H26N6OS. The van der Waals surface area contributed by atoms with Gasteiger partial charge in [-0.2, -0.15) is 0 Å². The Morgan fingerprint density at radius 2 is 2.16 bits per heavy atom. The van der Waals surface area contributed by atoms with Gasteiger partial charge < -0.3 is 10.6 Å². The van der Waals surface area contributed by atoms with E-state index in [4.69, 9.17) is 0 Å². The number of nitrogens with one attached hydrogen (secondary N) is 2. The Morgan fingerprint density at radius 1 is 1.40 bits per heavy atom. The van der Waals surface area contributed by atoms with Crippen molar-refractivity contribution in [1.29, 1.82) is 0 Å². The molecule has 1 saturated heterocycles. The molecule has 0 saturated carbocycles. The number of carbonyl (C=O) groups excluding carboxylic acids is 1. The fourth-order valence-electron chi connectivity index (χ4n) is 2.77. The van der Waals surface area contributed by atoms with E-state index >= 15 is 0 Å². The van der Waals surface area contributed by atoms with E-state index in [0.29, 0.717) is 18.3 Å². The number of piperidine rings is 1. The quantitative estimate of drug-likeness (QED) is 0.849. The van der Waals surface area contributed by atoms with E-state index in [-0.39, 0.29) is 11.3 Å². The number of thiazole rings is 1. The van der Waals surface area contributed by atoms with Gasteiger partial charge in [-0.1, -0.05) is 26.0 Å². The number of nitrogens with zero attached hydrogens (tertiary/aromatic N) is 4. The number of aromatic nitrogens is 4. The van der Waals surface area contributed by atoms with Crippen LogP contribution in [0.1, 0.15) is 60.8 Å². The Morgan fingerprint density at radius 3 is 2.84 bits per heavy atom. The van der Waals surface area contributed by atoms with Crippen molar-refractivity contribution in [3.05, 3.63) is 28.0 Å². The average Bonchev–Trinajstić information content (AvgIpc) is 3.25. The van der Waals surface area contributed by atoms with Crippen LogP contribution in [0.25, 0.3) is 0 Å². The van der Waals surface area contributed by atoms with Crippen LogP contribution in [0.4, 0.5) is 0 Å². The summed E-state index contributed by atoms with van der Waals surface area (Å²) in [5, 5.41) is 17.5. The summed E-state index contributed by atoms with van der Waals surface area (Å²) in [4.78, 5) is 16.9. The van der Waals surface area contributed by atoms with Crippen molar-refractivity contribution in [2.24, 2.45) is 0 Å². The number of hydrogen-bond donors (Lipinski definition) is 2. The third-order valence-electron chi connectivity index (χ3n) is 4.37. The summed E-state index contributed by atoms with van der Waals surface area (Å²) in [5.41, 5.74) is 1.54. The minimum absolute atomic E-state index is 0.0607. The molecule has 1 aliphatic rings. The summed E-state index contributed by atoms with van der Waals surface area (Å²) in [6.45, 7) is 8.97. The highest BCUT2D eigenvalue weighted by Gasteiger charge is 2.19. The topological polar surface area (TPSA) is 84.7 Å². The molecule has 1 aliphatic heterocycles. The fraction of sp³-hybridized carbons (Fsp3) is 0.647. The van der Waals surface area contributed by atoms with Crippen molar-refractivity contribution >= 4 is 17.2 Å². The lowest BCUT2D eigenvalue weighted by molar-refractivity contribution is 0.0949. The Bertz CT molecular complexity index is 711. The molecule has 2 aromatic heterocycles. The van der Waals surface area contributed by atoms with Gasteiger partial charge in [-0.15, -0.1) is 16.4 Å². The molecule has 136 valence electrons. The number of hydrogen-bond acceptors (Lipinski definition) is 6. The van der Waals surface area contributed by atoms with Crippen LogP contribution in [0.2, 0.25) is 0 Å². The first-order chi connectivity index (χ1) is 11.9. The molecule has 8 heteroatoms. The largest absolute Gasteiger partial charge is 0.350 e. The molecule has 0 aromatic carbocycles. The summed E-state index contributed by atoms with van der Waals surface area (Å²) < 4.78 is 1.83. The van der Waals surface area contributed by atoms with E-state index in [9.17, 15) is 4.79 Å². The predicted molar refractivity (Wildman–Crippen MR) is 98.0 cm³/mol. The monoisotopic (exact) mass is 362 g/mol. The highest BCUT2D eigenvalue weighted by molar-refractivity contribution is 7.09. The molecule has 1 fully saturated rings. The summed E-state index contributed by atoms with van der Waals surface area (Å²) in [5.74, 6) is -0.173. The van der Waals surface area contributed by atoms with Crippen molar-refractivity contribution in [2.45, 2.75) is 51.5 Å². The lowest BCUT2D eigenvalue weighted by atomic mass is 9.93. The standard InChI is InChI=1S/C17H26N6OS/c1-17(2,3)14-11-25-15(20-14)6-9-19-16(24)13-10-23(22-21-13)12-4-7-18-8-5-12/h10-12,18H,4-9H2,1-3H3,(H,19,24). The minimum atomic E-state index is -0.173. The smallest absolute Gasteiger partial charge is 0.273 e. The van der Waals surface area contributed by atoms with E-state index < -0.39 is 0 Å². The molecule has 0 unspecified atom stereocenters. The highest BCUT2D eigenvalue weighted by atomic mass is 32.1. The molecule has 0 aliphatic carbocycles. The molecule has 7 nitrogen and oxygen atoms in total. The van der Waals surface area contributed by atoms with E-state index in [1.807, 2.05) is 4.68 Å². The Balaban J connectivity index is 1.49. The van der Waals surface area contributed by atoms with E-state index in [0.717, 1.165) is 43.1 Å². The summed E-state index contributed by atoms with van der Waals surface area (Å²) in [6, 6.07) is 0.335. The third kappa shape index (κ3) is 4.64. The molecule has 2 N–H and O–H groups in total. The molecule has 3 heterocycles. The fourth-order valence-corrected chi connectivity index (χ4v) is 3.80. The molecule has 0 spiro atoms. The number of rotatable bonds is 5. The maximum atomic E-state index is 12.2. The van der Waals surface area contributed by atoms with Gasteiger partial charge in [0, 0.05) is 23.8 Å². The van der Waals surface area contributed by atoms with Gasteiger partial charge in [0.05, 0.1) is 22.9 Å². The molecular weight excluding hydrogens is 336 g/mol. The van der Waals surface area contributed by atoms with Gasteiger partial charge in [-0.25, -0.2) is 9.67 Å². The van der Waals surface area contributed by atoms with Crippen LogP contribution in [-0.4, -0.2) is 45.5 Å². The molecule has 0 atom stereocenters. The third-order valence-corrected chi connectivity index (χ3v) is 5.28. The van der Waals surface area contributed by atoms with E-state index in [1.54, 1.807) is 17.5 Å². The van der Waals surface area contributed by atoms with E-state index in [1.165, 1.54) is 0 Å². The van der Waals surface area contributed by atoms with Crippen molar-refractivity contribution in [3.8, 4) is 0 Å². The molecule has 25 heavy (non-hydrogen) atoms. The van der Waals surface area contributed by atoms with Gasteiger partial charge in [-0.05, 0) is 25.9 Å². The summed E-state index contributed by atoms with van der Waals surface area (Å²) >= 11 is 1.65. The van der Waals surface area contributed by atoms with Gasteiger partial charge in [0.25, 0.3) is 5.91 Å². The summed E-state index contributed by atoms with van der Waals surface area (Å²) in [6.07, 6.45) is 4.52. The van der Waals surface area contributed by atoms with Gasteiger partial charge in [0.2, 0.25) is 0 Å². The van der Waals surface area contributed by atoms with Gasteiger partial charge >= 0.3 is 0 Å². The molecule has 1 amide bonds. The Hall–Kier alpha value is -1.80. The van der Waals surface area contributed by atoms with Gasteiger partial charge in [-0.3, -0.25) is 4.79 Å². The zero-order valence-electron chi connectivity index (χ0n) is 15.1. The predicted octanol–water partition coefficient (Wildman–Crippen LogP) is 1.93. The first kappa shape index (κ1) is 18.0. The van der Waals surface area contributed by atoms with Crippen LogP contribution >= 0.6 is 11.3 Å². The van der Waals surface area contributed by atoms with Crippen molar-refractivity contribution in [2.75, 3.05) is 19.6 Å². The van der Waals surface area contributed by atoms with Crippen LogP contribution in [0.5, 0.6) is 0 Å². The molecule has 0 bridgehead atoms. The maximum Gasteiger partial charge on any atom is 0.273 e. The Labute approximate surface area is 152 Å². The number of amides is 1. The first-order valence-electron chi connectivity index (χ1n) is 8.79. The van der Waals surface area contributed by atoms with Crippen molar-refractivity contribution in [3.63, 3.8) is 0 Å². The van der Waals surface area contributed by atoms with Crippen LogP contribution < -0.4 is 10.6 Å². The average molecular weight is 363 g/mol. The van der Waals surface area contributed by atoms with Crippen molar-refractivity contribution < 1.29 is 4.79 Å². The summed E-state index contributed by atoms with van der Waals surface area (Å²) in [7, 11) is 0. The lowest BCUT2D eigenvalue weighted by Gasteiger charge is -2.22. The second kappa shape index (κ2) is 7.61. The second-order valence-corrected chi connectivity index (χ2v) is 8.39. The maximum absolute atomic E-state index is 12.2. The van der Waals surface area contributed by atoms with Crippen LogP contribution in [0.15, 0.2) is 11.6 Å². The molecule has 0 radical (unpaired) electrons. The van der Waals surface area contributed by atoms with Crippen LogP contribution in [0, 0.1) is 0 Å². The van der Waals surface area contributed by atoms with Gasteiger partial charge in [0.1, 0.15) is 0 Å². The van der Waals surface area contributed by atoms with Crippen LogP contribution in [-0.2, 0) is 11.8 Å². The zero-order valence-corrected chi connectivity index (χ0v) is 15.9. The van der Waals surface area contributed by atoms with Crippen molar-refractivity contribution in [1.82, 2.24) is 30.6 Å². The highest BCUT2D eigenvalue weighted by Crippen LogP contribution is 2.24. The van der Waals surface area contributed by atoms with Crippen LogP contribution in [0.3, 0.4) is 0 Å². The van der Waals surface area contributed by atoms with E-state index in [2.05, 4.69) is 52.1 Å². The normalized spacial score (nSPS) is 16.1. The zero-order chi connectivity index (χ0) is 17.9. The minimum Gasteiger partial charge on any atom is -0.350 e. The molecule has 3 rings (SSSR count). The second-order valence-electron chi connectivity index (χ2n) is 7.45. The SMILES string of the molecule is CC(C)(C)c1csc(CCNC(=O)c2cn(C3CCNCC3)nn2)n1. The molecule has 2 aromatic rings. The first-order valence-corrected chi connectivity index (χ1v) is 9.67. The van der Waals surface area contributed by atoms with Gasteiger partial charge in [0.15, 0.2) is 5.69 Å². The lowest BCUT2D eigenvalue weighted by Crippen LogP contribution is -2.29. The Kier molecular flexibility index (Phi) is 5.48.